The van der Waals surface area contributed by atoms with Gasteiger partial charge in [-0.3, -0.25) is 14.4 Å². The Hall–Kier alpha value is -2.37. The lowest BCUT2D eigenvalue weighted by molar-refractivity contribution is -0.145. The number of benzene rings is 1. The molecule has 0 atom stereocenters. The van der Waals surface area contributed by atoms with Gasteiger partial charge in [0.1, 0.15) is 12.3 Å². The summed E-state index contributed by atoms with van der Waals surface area (Å²) < 4.78 is 5.29. The Kier molecular flexibility index (Phi) is 5.71. The van der Waals surface area contributed by atoms with Gasteiger partial charge in [0.15, 0.2) is 12.4 Å². The Bertz CT molecular complexity index is 512. The molecule has 0 radical (unpaired) electrons. The normalized spacial score (nSPS) is 9.90. The number of rotatable bonds is 7. The van der Waals surface area contributed by atoms with Gasteiger partial charge in [-0.1, -0.05) is 12.1 Å². The lowest BCUT2D eigenvalue weighted by Gasteiger charge is -2.18. The fourth-order valence-electron chi connectivity index (χ4n) is 1.58. The maximum absolute atomic E-state index is 11.8. The maximum Gasteiger partial charge on any atom is 0.323 e. The third-order valence-electron chi connectivity index (χ3n) is 2.66. The van der Waals surface area contributed by atoms with Gasteiger partial charge in [-0.25, -0.2) is 0 Å². The van der Waals surface area contributed by atoms with E-state index in [0.29, 0.717) is 17.9 Å². The molecule has 6 heteroatoms. The van der Waals surface area contributed by atoms with Gasteiger partial charge < -0.3 is 14.7 Å². The van der Waals surface area contributed by atoms with Crippen molar-refractivity contribution in [2.24, 2.45) is 0 Å². The largest absolute Gasteiger partial charge is 0.484 e. The van der Waals surface area contributed by atoms with Gasteiger partial charge in [0.2, 0.25) is 0 Å². The average molecular weight is 279 g/mol. The fraction of sp³-hybridized carbons (Fsp3) is 0.357. The van der Waals surface area contributed by atoms with Crippen LogP contribution < -0.4 is 4.74 Å². The van der Waals surface area contributed by atoms with Crippen LogP contribution in [-0.2, 0) is 9.59 Å². The van der Waals surface area contributed by atoms with E-state index in [0.717, 1.165) is 0 Å². The van der Waals surface area contributed by atoms with Gasteiger partial charge in [-0.15, -0.1) is 0 Å². The molecule has 0 bridgehead atoms. The molecular formula is C14H17NO5. The molecule has 20 heavy (non-hydrogen) atoms. The molecule has 1 N–H and O–H groups in total. The molecule has 1 aromatic carbocycles. The number of nitrogens with zero attached hydrogens (tertiary/aromatic N) is 1. The highest BCUT2D eigenvalue weighted by molar-refractivity contribution is 5.94. The molecule has 0 saturated heterocycles. The van der Waals surface area contributed by atoms with Crippen molar-refractivity contribution in [3.8, 4) is 5.75 Å². The number of hydrogen-bond donors (Lipinski definition) is 1. The van der Waals surface area contributed by atoms with Gasteiger partial charge in [0, 0.05) is 12.1 Å². The Morgan fingerprint density at radius 2 is 2.00 bits per heavy atom. The topological polar surface area (TPSA) is 83.9 Å². The Morgan fingerprint density at radius 1 is 1.30 bits per heavy atom. The summed E-state index contributed by atoms with van der Waals surface area (Å²) in [6.07, 6.45) is 0. The summed E-state index contributed by atoms with van der Waals surface area (Å²) >= 11 is 0. The van der Waals surface area contributed by atoms with Crippen molar-refractivity contribution in [2.75, 3.05) is 19.7 Å². The molecule has 6 nitrogen and oxygen atoms in total. The number of hydrogen-bond acceptors (Lipinski definition) is 4. The van der Waals surface area contributed by atoms with Crippen LogP contribution in [0.1, 0.15) is 24.2 Å². The second kappa shape index (κ2) is 7.28. The molecule has 0 aliphatic rings. The van der Waals surface area contributed by atoms with E-state index in [2.05, 4.69) is 0 Å². The van der Waals surface area contributed by atoms with Crippen LogP contribution in [-0.4, -0.2) is 47.4 Å². The predicted octanol–water partition coefficient (Wildman–Crippen LogP) is 1.20. The number of amides is 1. The van der Waals surface area contributed by atoms with E-state index < -0.39 is 11.9 Å². The summed E-state index contributed by atoms with van der Waals surface area (Å²) in [7, 11) is 0. The molecule has 108 valence electrons. The van der Waals surface area contributed by atoms with Crippen LogP contribution in [0.25, 0.3) is 0 Å². The van der Waals surface area contributed by atoms with E-state index in [-0.39, 0.29) is 18.9 Å². The lowest BCUT2D eigenvalue weighted by Crippen LogP contribution is -2.38. The number of carbonyl (C=O) groups is 3. The van der Waals surface area contributed by atoms with E-state index in [1.54, 1.807) is 31.2 Å². The minimum atomic E-state index is -1.07. The molecule has 0 spiro atoms. The number of carbonyl (C=O) groups excluding carboxylic acids is 2. The van der Waals surface area contributed by atoms with Crippen molar-refractivity contribution < 1.29 is 24.2 Å². The minimum absolute atomic E-state index is 0.0946. The Labute approximate surface area is 117 Å². The molecule has 1 rings (SSSR count). The zero-order valence-electron chi connectivity index (χ0n) is 11.5. The molecule has 0 aliphatic heterocycles. The molecule has 0 saturated carbocycles. The average Bonchev–Trinajstić information content (AvgIpc) is 2.42. The summed E-state index contributed by atoms with van der Waals surface area (Å²) in [4.78, 5) is 34.8. The van der Waals surface area contributed by atoms with Crippen LogP contribution in [0.4, 0.5) is 0 Å². The highest BCUT2D eigenvalue weighted by atomic mass is 16.5. The molecule has 0 fully saturated rings. The quantitative estimate of drug-likeness (QED) is 0.758. The van der Waals surface area contributed by atoms with Crippen LogP contribution in [0.2, 0.25) is 0 Å². The van der Waals surface area contributed by atoms with Crippen LogP contribution in [0.5, 0.6) is 5.75 Å². The van der Waals surface area contributed by atoms with Crippen LogP contribution in [0, 0.1) is 0 Å². The standard InChI is InChI=1S/C14H17NO5/c1-3-15(8-14(18)19)13(17)9-20-12-6-4-5-11(7-12)10(2)16/h4-7H,3,8-9H2,1-2H3,(H,18,19). The van der Waals surface area contributed by atoms with Crippen molar-refractivity contribution in [1.29, 1.82) is 0 Å². The third kappa shape index (κ3) is 4.72. The Morgan fingerprint density at radius 3 is 2.55 bits per heavy atom. The molecule has 0 aliphatic carbocycles. The summed E-state index contributed by atoms with van der Waals surface area (Å²) in [5.74, 6) is -1.18. The molecule has 1 amide bonds. The molecular weight excluding hydrogens is 262 g/mol. The van der Waals surface area contributed by atoms with Gasteiger partial charge in [-0.05, 0) is 26.0 Å². The first-order valence-electron chi connectivity index (χ1n) is 6.17. The lowest BCUT2D eigenvalue weighted by atomic mass is 10.1. The maximum atomic E-state index is 11.8. The van der Waals surface area contributed by atoms with Crippen molar-refractivity contribution in [2.45, 2.75) is 13.8 Å². The molecule has 0 heterocycles. The van der Waals surface area contributed by atoms with Crippen LogP contribution in [0.3, 0.4) is 0 Å². The highest BCUT2D eigenvalue weighted by Gasteiger charge is 2.15. The first kappa shape index (κ1) is 15.7. The minimum Gasteiger partial charge on any atom is -0.484 e. The van der Waals surface area contributed by atoms with Crippen molar-refractivity contribution in [3.63, 3.8) is 0 Å². The third-order valence-corrected chi connectivity index (χ3v) is 2.66. The van der Waals surface area contributed by atoms with Crippen LogP contribution in [0.15, 0.2) is 24.3 Å². The van der Waals surface area contributed by atoms with Gasteiger partial charge in [0.25, 0.3) is 5.91 Å². The first-order chi connectivity index (χ1) is 9.43. The Balaban J connectivity index is 2.62. The summed E-state index contributed by atoms with van der Waals surface area (Å²) in [6.45, 7) is 2.81. The monoisotopic (exact) mass is 279 g/mol. The predicted molar refractivity (Wildman–Crippen MR) is 71.8 cm³/mol. The van der Waals surface area contributed by atoms with E-state index >= 15 is 0 Å². The molecule has 0 unspecified atom stereocenters. The second-order valence-corrected chi connectivity index (χ2v) is 4.17. The summed E-state index contributed by atoms with van der Waals surface area (Å²) in [5.41, 5.74) is 0.493. The number of likely N-dealkylation sites (N-methyl/N-ethyl adjacent to an activating group) is 1. The molecule has 1 aromatic rings. The van der Waals surface area contributed by atoms with Gasteiger partial charge in [-0.2, -0.15) is 0 Å². The van der Waals surface area contributed by atoms with E-state index in [1.165, 1.54) is 11.8 Å². The number of carboxylic acid groups (broad SMARTS) is 1. The highest BCUT2D eigenvalue weighted by Crippen LogP contribution is 2.13. The van der Waals surface area contributed by atoms with Crippen LogP contribution >= 0.6 is 0 Å². The van der Waals surface area contributed by atoms with E-state index in [1.807, 2.05) is 0 Å². The SMILES string of the molecule is CCN(CC(=O)O)C(=O)COc1cccc(C(C)=O)c1. The van der Waals surface area contributed by atoms with E-state index in [4.69, 9.17) is 9.84 Å². The number of ketones is 1. The number of carboxylic acids is 1. The van der Waals surface area contributed by atoms with Gasteiger partial charge in [0.05, 0.1) is 0 Å². The zero-order chi connectivity index (χ0) is 15.1. The summed E-state index contributed by atoms with van der Waals surface area (Å²) in [6, 6.07) is 6.49. The number of Topliss-reactive ketones (excluding diaryl/α,β-unsaturated/α-hetero) is 1. The number of ether oxygens (including phenoxy) is 1. The summed E-state index contributed by atoms with van der Waals surface area (Å²) in [5, 5.41) is 8.67. The van der Waals surface area contributed by atoms with E-state index in [9.17, 15) is 14.4 Å². The van der Waals surface area contributed by atoms with Crippen molar-refractivity contribution in [1.82, 2.24) is 4.90 Å². The number of aliphatic carboxylic acids is 1. The van der Waals surface area contributed by atoms with Gasteiger partial charge >= 0.3 is 5.97 Å². The first-order valence-corrected chi connectivity index (χ1v) is 6.17. The second-order valence-electron chi connectivity index (χ2n) is 4.17. The zero-order valence-corrected chi connectivity index (χ0v) is 11.5. The molecule has 0 aromatic heterocycles. The van der Waals surface area contributed by atoms with Crippen molar-refractivity contribution in [3.05, 3.63) is 29.8 Å². The smallest absolute Gasteiger partial charge is 0.323 e. The fourth-order valence-corrected chi connectivity index (χ4v) is 1.58. The van der Waals surface area contributed by atoms with Crippen molar-refractivity contribution >= 4 is 17.7 Å².